The molecule has 0 heterocycles. The van der Waals surface area contributed by atoms with Gasteiger partial charge in [0, 0.05) is 0 Å². The fourth-order valence-corrected chi connectivity index (χ4v) is 1.78. The maximum Gasteiger partial charge on any atom is 0.320 e. The van der Waals surface area contributed by atoms with E-state index >= 15 is 0 Å². The molecule has 0 radical (unpaired) electrons. The average molecular weight is 223 g/mol. The van der Waals surface area contributed by atoms with E-state index in [1.807, 2.05) is 0 Å². The van der Waals surface area contributed by atoms with Crippen LogP contribution < -0.4 is 5.73 Å². The molecule has 0 saturated carbocycles. The van der Waals surface area contributed by atoms with Crippen molar-refractivity contribution in [2.75, 3.05) is 13.3 Å². The van der Waals surface area contributed by atoms with Crippen LogP contribution in [0.25, 0.3) is 0 Å². The van der Waals surface area contributed by atoms with Crippen molar-refractivity contribution in [2.24, 2.45) is 11.7 Å². The molecule has 0 aliphatic rings. The minimum Gasteiger partial charge on any atom is -0.310 e. The topological polar surface area (TPSA) is 61.5 Å². The third-order valence-corrected chi connectivity index (χ3v) is 2.99. The van der Waals surface area contributed by atoms with E-state index in [2.05, 4.69) is 18.4 Å². The van der Waals surface area contributed by atoms with Crippen LogP contribution in [0.5, 0.6) is 0 Å². The molecule has 0 amide bonds. The molecule has 5 heteroatoms. The van der Waals surface area contributed by atoms with Gasteiger partial charge in [0.15, 0.2) is 0 Å². The van der Waals surface area contributed by atoms with E-state index in [9.17, 15) is 4.57 Å². The molecule has 0 bridgehead atoms. The fourth-order valence-electron chi connectivity index (χ4n) is 1.19. The predicted molar refractivity (Wildman–Crippen MR) is 58.4 cm³/mol. The van der Waals surface area contributed by atoms with Gasteiger partial charge in [0.05, 0.1) is 6.61 Å². The van der Waals surface area contributed by atoms with Crippen LogP contribution in [-0.2, 0) is 13.6 Å². The van der Waals surface area contributed by atoms with Crippen molar-refractivity contribution in [3.05, 3.63) is 0 Å². The zero-order chi connectivity index (χ0) is 10.8. The van der Waals surface area contributed by atoms with Crippen LogP contribution in [-0.4, -0.2) is 13.3 Å². The summed E-state index contributed by atoms with van der Waals surface area (Å²) in [4.78, 5) is 0. The third kappa shape index (κ3) is 7.51. The van der Waals surface area contributed by atoms with Gasteiger partial charge in [-0.05, 0) is 12.3 Å². The second-order valence-electron chi connectivity index (χ2n) is 3.29. The number of hydrogen-bond donors (Lipinski definition) is 1. The molecule has 14 heavy (non-hydrogen) atoms. The molecule has 0 rings (SSSR count). The zero-order valence-corrected chi connectivity index (χ0v) is 10.1. The molecule has 0 spiro atoms. The van der Waals surface area contributed by atoms with Crippen LogP contribution in [0.4, 0.5) is 0 Å². The summed E-state index contributed by atoms with van der Waals surface area (Å²) in [5, 5.41) is 0. The Morgan fingerprint density at radius 2 is 2.07 bits per heavy atom. The van der Waals surface area contributed by atoms with Crippen molar-refractivity contribution in [3.8, 4) is 0 Å². The van der Waals surface area contributed by atoms with Crippen molar-refractivity contribution < 1.29 is 13.6 Å². The van der Waals surface area contributed by atoms with Gasteiger partial charge in [0.2, 0.25) is 0 Å². The highest BCUT2D eigenvalue weighted by molar-refractivity contribution is 7.33. The highest BCUT2D eigenvalue weighted by Gasteiger charge is 2.08. The van der Waals surface area contributed by atoms with Crippen LogP contribution in [0, 0.1) is 5.92 Å². The first-order valence-corrected chi connectivity index (χ1v) is 6.46. The zero-order valence-electron chi connectivity index (χ0n) is 9.12. The molecule has 2 unspecified atom stereocenters. The van der Waals surface area contributed by atoms with E-state index in [1.165, 1.54) is 12.8 Å². The Morgan fingerprint density at radius 1 is 1.36 bits per heavy atom. The summed E-state index contributed by atoms with van der Waals surface area (Å²) in [6.07, 6.45) is 4.56. The Bertz CT molecular complexity index is 155. The van der Waals surface area contributed by atoms with Gasteiger partial charge in [-0.2, -0.15) is 0 Å². The lowest BCUT2D eigenvalue weighted by Crippen LogP contribution is -2.07. The summed E-state index contributed by atoms with van der Waals surface area (Å²) in [5.41, 5.74) is 5.07. The quantitative estimate of drug-likeness (QED) is 0.482. The van der Waals surface area contributed by atoms with Gasteiger partial charge in [-0.15, -0.1) is 0 Å². The van der Waals surface area contributed by atoms with Gasteiger partial charge in [-0.25, -0.2) is 0 Å². The first-order chi connectivity index (χ1) is 6.74. The average Bonchev–Trinajstić information content (AvgIpc) is 2.19. The van der Waals surface area contributed by atoms with E-state index in [-0.39, 0.29) is 6.73 Å². The summed E-state index contributed by atoms with van der Waals surface area (Å²) in [6.45, 7) is 4.76. The van der Waals surface area contributed by atoms with Gasteiger partial charge in [-0.3, -0.25) is 9.09 Å². The van der Waals surface area contributed by atoms with Crippen molar-refractivity contribution in [1.29, 1.82) is 0 Å². The van der Waals surface area contributed by atoms with Crippen molar-refractivity contribution >= 4 is 8.25 Å². The lowest BCUT2D eigenvalue weighted by molar-refractivity contribution is 0.191. The first-order valence-electron chi connectivity index (χ1n) is 5.24. The number of rotatable bonds is 9. The van der Waals surface area contributed by atoms with Gasteiger partial charge in [-0.1, -0.05) is 33.1 Å². The SMILES string of the molecule is CCCCC(CC)CO[PH](=O)OCN. The van der Waals surface area contributed by atoms with Crippen LogP contribution >= 0.6 is 8.25 Å². The second kappa shape index (κ2) is 9.66. The molecule has 0 aromatic carbocycles. The van der Waals surface area contributed by atoms with Gasteiger partial charge in [0.25, 0.3) is 0 Å². The van der Waals surface area contributed by atoms with Crippen LogP contribution in [0.3, 0.4) is 0 Å². The molecular formula is C9H22NO3P. The fraction of sp³-hybridized carbons (Fsp3) is 1.00. The van der Waals surface area contributed by atoms with E-state index in [0.717, 1.165) is 12.8 Å². The molecule has 2 atom stereocenters. The monoisotopic (exact) mass is 223 g/mol. The summed E-state index contributed by atoms with van der Waals surface area (Å²) in [6, 6.07) is 0. The summed E-state index contributed by atoms with van der Waals surface area (Å²) in [5.74, 6) is 0.491. The Kier molecular flexibility index (Phi) is 9.73. The Labute approximate surface area is 87.1 Å². The van der Waals surface area contributed by atoms with E-state index in [4.69, 9.17) is 10.3 Å². The predicted octanol–water partition coefficient (Wildman–Crippen LogP) is 2.54. The number of nitrogens with two attached hydrogens (primary N) is 1. The Hall–Kier alpha value is 0.110. The molecule has 2 N–H and O–H groups in total. The molecule has 86 valence electrons. The van der Waals surface area contributed by atoms with Gasteiger partial charge < -0.3 is 10.3 Å². The number of hydrogen-bond acceptors (Lipinski definition) is 4. The minimum absolute atomic E-state index is 0.0381. The van der Waals surface area contributed by atoms with Gasteiger partial charge in [0.1, 0.15) is 6.73 Å². The normalized spacial score (nSPS) is 15.4. The largest absolute Gasteiger partial charge is 0.320 e. The maximum atomic E-state index is 11.0. The molecule has 0 aromatic heterocycles. The Balaban J connectivity index is 3.55. The molecule has 4 nitrogen and oxygen atoms in total. The van der Waals surface area contributed by atoms with E-state index in [1.54, 1.807) is 0 Å². The third-order valence-electron chi connectivity index (χ3n) is 2.18. The van der Waals surface area contributed by atoms with Crippen LogP contribution in [0.15, 0.2) is 0 Å². The summed E-state index contributed by atoms with van der Waals surface area (Å²) in [7, 11) is -2.35. The number of unbranched alkanes of at least 4 members (excludes halogenated alkanes) is 1. The minimum atomic E-state index is -2.35. The highest BCUT2D eigenvalue weighted by atomic mass is 31.1. The summed E-state index contributed by atoms with van der Waals surface area (Å²) >= 11 is 0. The van der Waals surface area contributed by atoms with Gasteiger partial charge >= 0.3 is 8.25 Å². The van der Waals surface area contributed by atoms with E-state index in [0.29, 0.717) is 12.5 Å². The first kappa shape index (κ1) is 14.1. The van der Waals surface area contributed by atoms with Crippen LogP contribution in [0.2, 0.25) is 0 Å². The van der Waals surface area contributed by atoms with Crippen molar-refractivity contribution in [3.63, 3.8) is 0 Å². The highest BCUT2D eigenvalue weighted by Crippen LogP contribution is 2.25. The molecule has 0 fully saturated rings. The van der Waals surface area contributed by atoms with Crippen molar-refractivity contribution in [2.45, 2.75) is 39.5 Å². The van der Waals surface area contributed by atoms with Crippen LogP contribution in [0.1, 0.15) is 39.5 Å². The standard InChI is InChI=1S/C9H22NO3P/c1-3-5-6-9(4-2)7-12-14(11)13-8-10/h9,14H,3-8,10H2,1-2H3. The lowest BCUT2D eigenvalue weighted by atomic mass is 10.0. The lowest BCUT2D eigenvalue weighted by Gasteiger charge is -2.13. The molecule has 0 aliphatic heterocycles. The molecule has 0 aromatic rings. The molecule has 0 saturated heterocycles. The molecule has 0 aliphatic carbocycles. The smallest absolute Gasteiger partial charge is 0.310 e. The molecular weight excluding hydrogens is 201 g/mol. The maximum absolute atomic E-state index is 11.0. The Morgan fingerprint density at radius 3 is 2.57 bits per heavy atom. The summed E-state index contributed by atoms with van der Waals surface area (Å²) < 4.78 is 20.7. The van der Waals surface area contributed by atoms with E-state index < -0.39 is 8.25 Å². The second-order valence-corrected chi connectivity index (χ2v) is 4.37. The van der Waals surface area contributed by atoms with Crippen molar-refractivity contribution in [1.82, 2.24) is 0 Å².